The Morgan fingerprint density at radius 3 is 2.78 bits per heavy atom. The van der Waals surface area contributed by atoms with Crippen molar-refractivity contribution >= 4 is 30.2 Å². The Kier molecular flexibility index (Phi) is 6.47. The number of nitrogens with one attached hydrogen (secondary N) is 1. The molecule has 0 amide bonds. The highest BCUT2D eigenvalue weighted by atomic mass is 35.5. The van der Waals surface area contributed by atoms with Crippen LogP contribution in [-0.2, 0) is 4.84 Å². The molecule has 1 aliphatic heterocycles. The van der Waals surface area contributed by atoms with Gasteiger partial charge in [-0.3, -0.25) is 0 Å². The largest absolute Gasteiger partial charge is 0.391 e. The van der Waals surface area contributed by atoms with E-state index in [1.807, 2.05) is 31.2 Å². The fourth-order valence-corrected chi connectivity index (χ4v) is 2.05. The van der Waals surface area contributed by atoms with Crippen LogP contribution in [0.3, 0.4) is 0 Å². The van der Waals surface area contributed by atoms with Gasteiger partial charge in [-0.15, -0.1) is 12.4 Å². The third kappa shape index (κ3) is 4.48. The van der Waals surface area contributed by atoms with Crippen molar-refractivity contribution in [1.82, 2.24) is 5.32 Å². The topological polar surface area (TPSA) is 33.6 Å². The van der Waals surface area contributed by atoms with Crippen LogP contribution in [-0.4, -0.2) is 24.9 Å². The molecule has 1 heterocycles. The Morgan fingerprint density at radius 2 is 2.17 bits per heavy atom. The van der Waals surface area contributed by atoms with Crippen molar-refractivity contribution in [1.29, 1.82) is 0 Å². The summed E-state index contributed by atoms with van der Waals surface area (Å²) in [6.45, 7) is 3.13. The SMILES string of the molecule is CC(ON=Cc1ccc(Cl)cc1)C1CCCN1.Cl. The molecule has 1 N–H and O–H groups in total. The summed E-state index contributed by atoms with van der Waals surface area (Å²) >= 11 is 5.80. The number of benzene rings is 1. The van der Waals surface area contributed by atoms with Crippen molar-refractivity contribution in [2.45, 2.75) is 31.9 Å². The normalized spacial score (nSPS) is 20.7. The molecule has 1 aliphatic rings. The molecule has 5 heteroatoms. The zero-order valence-corrected chi connectivity index (χ0v) is 11.9. The van der Waals surface area contributed by atoms with Crippen LogP contribution in [0.1, 0.15) is 25.3 Å². The lowest BCUT2D eigenvalue weighted by atomic mass is 10.1. The minimum Gasteiger partial charge on any atom is -0.391 e. The van der Waals surface area contributed by atoms with Gasteiger partial charge >= 0.3 is 0 Å². The molecule has 18 heavy (non-hydrogen) atoms. The summed E-state index contributed by atoms with van der Waals surface area (Å²) in [6.07, 6.45) is 4.21. The van der Waals surface area contributed by atoms with Crippen LogP contribution in [0, 0.1) is 0 Å². The van der Waals surface area contributed by atoms with Crippen LogP contribution >= 0.6 is 24.0 Å². The molecule has 0 aliphatic carbocycles. The molecular weight excluding hydrogens is 271 g/mol. The summed E-state index contributed by atoms with van der Waals surface area (Å²) < 4.78 is 0. The summed E-state index contributed by atoms with van der Waals surface area (Å²) in [5.41, 5.74) is 0.987. The number of oxime groups is 1. The Morgan fingerprint density at radius 1 is 1.44 bits per heavy atom. The molecule has 2 atom stereocenters. The highest BCUT2D eigenvalue weighted by molar-refractivity contribution is 6.30. The monoisotopic (exact) mass is 288 g/mol. The van der Waals surface area contributed by atoms with E-state index in [-0.39, 0.29) is 18.5 Å². The van der Waals surface area contributed by atoms with Gasteiger partial charge < -0.3 is 10.2 Å². The van der Waals surface area contributed by atoms with E-state index in [0.717, 1.165) is 23.6 Å². The van der Waals surface area contributed by atoms with Crippen molar-refractivity contribution in [2.24, 2.45) is 5.16 Å². The van der Waals surface area contributed by atoms with Crippen molar-refractivity contribution in [3.63, 3.8) is 0 Å². The van der Waals surface area contributed by atoms with Crippen molar-refractivity contribution in [3.8, 4) is 0 Å². The van der Waals surface area contributed by atoms with E-state index in [9.17, 15) is 0 Å². The first-order chi connectivity index (χ1) is 8.25. The van der Waals surface area contributed by atoms with Crippen LogP contribution in [0.5, 0.6) is 0 Å². The zero-order chi connectivity index (χ0) is 12.1. The Bertz CT molecular complexity index is 375. The second-order valence-corrected chi connectivity index (χ2v) is 4.74. The lowest BCUT2D eigenvalue weighted by molar-refractivity contribution is 0.0499. The minimum atomic E-state index is 0. The van der Waals surface area contributed by atoms with Crippen LogP contribution in [0.15, 0.2) is 29.4 Å². The lowest BCUT2D eigenvalue weighted by Crippen LogP contribution is -2.33. The zero-order valence-electron chi connectivity index (χ0n) is 10.3. The molecule has 1 aromatic rings. The van der Waals surface area contributed by atoms with Gasteiger partial charge in [0, 0.05) is 11.1 Å². The van der Waals surface area contributed by atoms with Gasteiger partial charge in [-0.1, -0.05) is 28.9 Å². The Labute approximate surface area is 119 Å². The van der Waals surface area contributed by atoms with Gasteiger partial charge in [0.15, 0.2) is 0 Å². The van der Waals surface area contributed by atoms with E-state index >= 15 is 0 Å². The van der Waals surface area contributed by atoms with Crippen molar-refractivity contribution in [3.05, 3.63) is 34.9 Å². The van der Waals surface area contributed by atoms with Crippen LogP contribution in [0.25, 0.3) is 0 Å². The van der Waals surface area contributed by atoms with Crippen LogP contribution in [0.4, 0.5) is 0 Å². The first-order valence-electron chi connectivity index (χ1n) is 5.94. The maximum Gasteiger partial charge on any atom is 0.139 e. The molecule has 0 spiro atoms. The second-order valence-electron chi connectivity index (χ2n) is 4.30. The summed E-state index contributed by atoms with van der Waals surface area (Å²) in [5.74, 6) is 0. The van der Waals surface area contributed by atoms with Crippen LogP contribution in [0.2, 0.25) is 5.02 Å². The number of halogens is 2. The first-order valence-corrected chi connectivity index (χ1v) is 6.31. The van der Waals surface area contributed by atoms with E-state index in [1.165, 1.54) is 6.42 Å². The number of nitrogens with zero attached hydrogens (tertiary/aromatic N) is 1. The maximum atomic E-state index is 5.80. The summed E-state index contributed by atoms with van der Waals surface area (Å²) in [6, 6.07) is 7.93. The molecule has 0 saturated carbocycles. The molecule has 1 aromatic carbocycles. The second kappa shape index (κ2) is 7.62. The Balaban J connectivity index is 0.00000162. The highest BCUT2D eigenvalue weighted by Crippen LogP contribution is 2.12. The van der Waals surface area contributed by atoms with Gasteiger partial charge in [0.05, 0.1) is 6.21 Å². The number of hydrogen-bond acceptors (Lipinski definition) is 3. The maximum absolute atomic E-state index is 5.80. The molecule has 100 valence electrons. The van der Waals surface area contributed by atoms with Gasteiger partial charge in [0.2, 0.25) is 0 Å². The van der Waals surface area contributed by atoms with E-state index in [1.54, 1.807) is 6.21 Å². The molecule has 2 rings (SSSR count). The molecule has 0 bridgehead atoms. The predicted molar refractivity (Wildman–Crippen MR) is 77.9 cm³/mol. The predicted octanol–water partition coefficient (Wildman–Crippen LogP) is 3.25. The molecule has 1 fully saturated rings. The van der Waals surface area contributed by atoms with E-state index in [4.69, 9.17) is 16.4 Å². The van der Waals surface area contributed by atoms with Crippen molar-refractivity contribution in [2.75, 3.05) is 6.54 Å². The first kappa shape index (κ1) is 15.3. The average Bonchev–Trinajstić information content (AvgIpc) is 2.85. The van der Waals surface area contributed by atoms with Gasteiger partial charge in [0.25, 0.3) is 0 Å². The van der Waals surface area contributed by atoms with Gasteiger partial charge in [0.1, 0.15) is 6.10 Å². The smallest absolute Gasteiger partial charge is 0.139 e. The molecular formula is C13H18Cl2N2O. The standard InChI is InChI=1S/C13H17ClN2O.ClH/c1-10(13-3-2-8-15-13)17-16-9-11-4-6-12(14)7-5-11;/h4-7,9-10,13,15H,2-3,8H2,1H3;1H. The van der Waals surface area contributed by atoms with Gasteiger partial charge in [-0.05, 0) is 44.0 Å². The fourth-order valence-electron chi connectivity index (χ4n) is 1.92. The molecule has 0 aromatic heterocycles. The van der Waals surface area contributed by atoms with E-state index < -0.39 is 0 Å². The third-order valence-corrected chi connectivity index (χ3v) is 3.22. The van der Waals surface area contributed by atoms with E-state index in [0.29, 0.717) is 6.04 Å². The molecule has 1 saturated heterocycles. The van der Waals surface area contributed by atoms with E-state index in [2.05, 4.69) is 10.5 Å². The summed E-state index contributed by atoms with van der Waals surface area (Å²) in [7, 11) is 0. The Hall–Kier alpha value is -0.770. The number of rotatable bonds is 4. The lowest BCUT2D eigenvalue weighted by Gasteiger charge is -2.16. The summed E-state index contributed by atoms with van der Waals surface area (Å²) in [4.78, 5) is 5.43. The summed E-state index contributed by atoms with van der Waals surface area (Å²) in [5, 5.41) is 8.13. The third-order valence-electron chi connectivity index (χ3n) is 2.96. The molecule has 0 radical (unpaired) electrons. The van der Waals surface area contributed by atoms with Gasteiger partial charge in [-0.2, -0.15) is 0 Å². The van der Waals surface area contributed by atoms with Gasteiger partial charge in [-0.25, -0.2) is 0 Å². The quantitative estimate of drug-likeness (QED) is 0.682. The highest BCUT2D eigenvalue weighted by Gasteiger charge is 2.21. The number of hydrogen-bond donors (Lipinski definition) is 1. The average molecular weight is 289 g/mol. The minimum absolute atomic E-state index is 0. The van der Waals surface area contributed by atoms with Crippen molar-refractivity contribution < 1.29 is 4.84 Å². The molecule has 2 unspecified atom stereocenters. The fraction of sp³-hybridized carbons (Fsp3) is 0.462. The molecule has 3 nitrogen and oxygen atoms in total. The van der Waals surface area contributed by atoms with Crippen LogP contribution < -0.4 is 5.32 Å².